The Kier molecular flexibility index (Phi) is 9.25. The predicted octanol–water partition coefficient (Wildman–Crippen LogP) is 0.709. The standard InChI is InChI=1S/C20H22O8.C2H6O/c21-10-16-17(24)18(25)19(26)20(28-16)27-15-8-12(7-14(23)9-15)2-1-11-3-5-13(22)6-4-11;1-3-2/h1-9,16-26H,10H2;1-2H3/b2-1+;/t16-,17-,18+,19-,20-;/m1./s1. The highest BCUT2D eigenvalue weighted by atomic mass is 16.7. The zero-order chi connectivity index (χ0) is 23.0. The number of hydrogen-bond donors (Lipinski definition) is 6. The SMILES string of the molecule is COC.OC[C@H]1O[C@@H](Oc2cc(O)cc(/C=C/c3ccc(O)cc3)c2)[C@H](O)[C@@H](O)[C@@H]1O. The topological polar surface area (TPSA) is 149 Å². The third-order valence-corrected chi connectivity index (χ3v) is 4.38. The van der Waals surface area contributed by atoms with Crippen LogP contribution in [0, 0.1) is 0 Å². The van der Waals surface area contributed by atoms with E-state index in [0.717, 1.165) is 5.56 Å². The van der Waals surface area contributed by atoms with Gasteiger partial charge < -0.3 is 44.8 Å². The number of aliphatic hydroxyl groups excluding tert-OH is 4. The van der Waals surface area contributed by atoms with Gasteiger partial charge in [0.1, 0.15) is 41.7 Å². The van der Waals surface area contributed by atoms with Crippen molar-refractivity contribution < 1.29 is 44.8 Å². The molecule has 0 bridgehead atoms. The quantitative estimate of drug-likeness (QED) is 0.373. The van der Waals surface area contributed by atoms with Crippen LogP contribution in [0.25, 0.3) is 12.2 Å². The molecule has 0 spiro atoms. The van der Waals surface area contributed by atoms with Gasteiger partial charge in [0.25, 0.3) is 0 Å². The Morgan fingerprint density at radius 2 is 1.45 bits per heavy atom. The van der Waals surface area contributed by atoms with Crippen LogP contribution in [-0.4, -0.2) is 82.2 Å². The van der Waals surface area contributed by atoms with Crippen LogP contribution in [-0.2, 0) is 9.47 Å². The van der Waals surface area contributed by atoms with Crippen molar-refractivity contribution in [3.63, 3.8) is 0 Å². The van der Waals surface area contributed by atoms with Gasteiger partial charge >= 0.3 is 0 Å². The summed E-state index contributed by atoms with van der Waals surface area (Å²) in [5.41, 5.74) is 1.42. The molecular weight excluding hydrogens is 408 g/mol. The first kappa shape index (κ1) is 24.6. The molecule has 3 rings (SSSR count). The summed E-state index contributed by atoms with van der Waals surface area (Å²) in [6, 6.07) is 10.9. The van der Waals surface area contributed by atoms with Gasteiger partial charge in [-0.3, -0.25) is 0 Å². The van der Waals surface area contributed by atoms with Crippen LogP contribution in [0.2, 0.25) is 0 Å². The molecule has 2 aromatic rings. The van der Waals surface area contributed by atoms with E-state index in [9.17, 15) is 30.6 Å². The molecule has 31 heavy (non-hydrogen) atoms. The van der Waals surface area contributed by atoms with E-state index in [1.165, 1.54) is 12.1 Å². The molecule has 1 heterocycles. The average Bonchev–Trinajstić information content (AvgIpc) is 2.74. The maximum absolute atomic E-state index is 10.1. The average molecular weight is 436 g/mol. The van der Waals surface area contributed by atoms with E-state index in [2.05, 4.69) is 4.74 Å². The zero-order valence-corrected chi connectivity index (χ0v) is 17.2. The Bertz CT molecular complexity index is 835. The number of aromatic hydroxyl groups is 2. The smallest absolute Gasteiger partial charge is 0.229 e. The van der Waals surface area contributed by atoms with Gasteiger partial charge in [-0.25, -0.2) is 0 Å². The van der Waals surface area contributed by atoms with Crippen molar-refractivity contribution in [2.45, 2.75) is 30.7 Å². The van der Waals surface area contributed by atoms with Crippen LogP contribution >= 0.6 is 0 Å². The fraction of sp³-hybridized carbons (Fsp3) is 0.364. The third-order valence-electron chi connectivity index (χ3n) is 4.38. The molecule has 9 nitrogen and oxygen atoms in total. The van der Waals surface area contributed by atoms with E-state index in [4.69, 9.17) is 9.47 Å². The Hall–Kier alpha value is -2.66. The van der Waals surface area contributed by atoms with Crippen molar-refractivity contribution in [2.24, 2.45) is 0 Å². The molecule has 0 amide bonds. The minimum absolute atomic E-state index is 0.0903. The third kappa shape index (κ3) is 6.93. The normalized spacial score (nSPS) is 25.7. The van der Waals surface area contributed by atoms with Crippen molar-refractivity contribution in [3.05, 3.63) is 53.6 Å². The lowest BCUT2D eigenvalue weighted by atomic mass is 9.99. The van der Waals surface area contributed by atoms with Crippen molar-refractivity contribution >= 4 is 12.2 Å². The van der Waals surface area contributed by atoms with Crippen molar-refractivity contribution in [2.75, 3.05) is 20.8 Å². The molecule has 0 radical (unpaired) electrons. The molecule has 6 N–H and O–H groups in total. The maximum Gasteiger partial charge on any atom is 0.229 e. The molecule has 170 valence electrons. The molecule has 0 unspecified atom stereocenters. The first-order chi connectivity index (χ1) is 14.8. The number of aliphatic hydroxyl groups is 4. The highest BCUT2D eigenvalue weighted by Gasteiger charge is 2.44. The minimum atomic E-state index is -1.55. The van der Waals surface area contributed by atoms with Crippen LogP contribution in [0.1, 0.15) is 11.1 Å². The summed E-state index contributed by atoms with van der Waals surface area (Å²) in [4.78, 5) is 0. The summed E-state index contributed by atoms with van der Waals surface area (Å²) in [5.74, 6) is 0.229. The fourth-order valence-electron chi connectivity index (χ4n) is 2.85. The fourth-order valence-corrected chi connectivity index (χ4v) is 2.85. The van der Waals surface area contributed by atoms with Gasteiger partial charge in [-0.15, -0.1) is 0 Å². The molecule has 0 aromatic heterocycles. The lowest BCUT2D eigenvalue weighted by molar-refractivity contribution is -0.277. The lowest BCUT2D eigenvalue weighted by Crippen LogP contribution is -2.60. The van der Waals surface area contributed by atoms with Crippen LogP contribution in [0.4, 0.5) is 0 Å². The predicted molar refractivity (Wildman–Crippen MR) is 112 cm³/mol. The Balaban J connectivity index is 0.00000107. The maximum atomic E-state index is 10.1. The van der Waals surface area contributed by atoms with Crippen molar-refractivity contribution in [3.8, 4) is 17.2 Å². The van der Waals surface area contributed by atoms with Crippen molar-refractivity contribution in [1.82, 2.24) is 0 Å². The highest BCUT2D eigenvalue weighted by molar-refractivity contribution is 5.71. The van der Waals surface area contributed by atoms with E-state index in [1.54, 1.807) is 56.7 Å². The van der Waals surface area contributed by atoms with E-state index >= 15 is 0 Å². The number of methoxy groups -OCH3 is 1. The summed E-state index contributed by atoms with van der Waals surface area (Å²) < 4.78 is 15.1. The summed E-state index contributed by atoms with van der Waals surface area (Å²) >= 11 is 0. The number of rotatable bonds is 5. The number of benzene rings is 2. The van der Waals surface area contributed by atoms with Gasteiger partial charge in [0.2, 0.25) is 6.29 Å². The molecule has 1 saturated heterocycles. The monoisotopic (exact) mass is 436 g/mol. The molecule has 1 aliphatic rings. The summed E-state index contributed by atoms with van der Waals surface area (Å²) in [5, 5.41) is 58.2. The van der Waals surface area contributed by atoms with Crippen LogP contribution in [0.3, 0.4) is 0 Å². The first-order valence-corrected chi connectivity index (χ1v) is 9.47. The van der Waals surface area contributed by atoms with E-state index in [1.807, 2.05) is 0 Å². The van der Waals surface area contributed by atoms with Crippen LogP contribution < -0.4 is 4.74 Å². The molecule has 9 heteroatoms. The van der Waals surface area contributed by atoms with Gasteiger partial charge in [-0.1, -0.05) is 24.3 Å². The summed E-state index contributed by atoms with van der Waals surface area (Å²) in [6.07, 6.45) is -3.52. The molecule has 1 fully saturated rings. The van der Waals surface area contributed by atoms with E-state index in [0.29, 0.717) is 5.56 Å². The Morgan fingerprint density at radius 3 is 2.06 bits per heavy atom. The van der Waals surface area contributed by atoms with Gasteiger partial charge in [-0.2, -0.15) is 0 Å². The number of phenols is 2. The highest BCUT2D eigenvalue weighted by Crippen LogP contribution is 2.28. The van der Waals surface area contributed by atoms with E-state index in [-0.39, 0.29) is 17.2 Å². The van der Waals surface area contributed by atoms with Gasteiger partial charge in [0.15, 0.2) is 0 Å². The van der Waals surface area contributed by atoms with Crippen LogP contribution in [0.5, 0.6) is 17.2 Å². The second kappa shape index (κ2) is 11.7. The van der Waals surface area contributed by atoms with Gasteiger partial charge in [0.05, 0.1) is 6.61 Å². The summed E-state index contributed by atoms with van der Waals surface area (Å²) in [7, 11) is 3.25. The lowest BCUT2D eigenvalue weighted by Gasteiger charge is -2.39. The molecular formula is C22H28O9. The second-order valence-electron chi connectivity index (χ2n) is 6.91. The molecule has 1 aliphatic heterocycles. The molecule has 0 aliphatic carbocycles. The Morgan fingerprint density at radius 1 is 0.839 bits per heavy atom. The minimum Gasteiger partial charge on any atom is -0.508 e. The molecule has 5 atom stereocenters. The molecule has 0 saturated carbocycles. The number of ether oxygens (including phenoxy) is 3. The van der Waals surface area contributed by atoms with Gasteiger partial charge in [-0.05, 0) is 35.4 Å². The van der Waals surface area contributed by atoms with Crippen LogP contribution in [0.15, 0.2) is 42.5 Å². The van der Waals surface area contributed by atoms with E-state index < -0.39 is 37.3 Å². The zero-order valence-electron chi connectivity index (χ0n) is 17.2. The largest absolute Gasteiger partial charge is 0.508 e. The number of phenolic OH excluding ortho intramolecular Hbond substituents is 2. The summed E-state index contributed by atoms with van der Waals surface area (Å²) in [6.45, 7) is -0.564. The number of hydrogen-bond acceptors (Lipinski definition) is 9. The molecule has 2 aromatic carbocycles. The van der Waals surface area contributed by atoms with Crippen molar-refractivity contribution in [1.29, 1.82) is 0 Å². The Labute approximate surface area is 180 Å². The second-order valence-corrected chi connectivity index (χ2v) is 6.91. The first-order valence-electron chi connectivity index (χ1n) is 9.47. The van der Waals surface area contributed by atoms with Gasteiger partial charge in [0, 0.05) is 20.3 Å².